The highest BCUT2D eigenvalue weighted by atomic mass is 16.3. The van der Waals surface area contributed by atoms with E-state index in [-0.39, 0.29) is 11.5 Å². The van der Waals surface area contributed by atoms with Gasteiger partial charge in [-0.1, -0.05) is 146 Å². The zero-order valence-corrected chi connectivity index (χ0v) is 32.3. The van der Waals surface area contributed by atoms with Crippen LogP contribution in [0.1, 0.15) is 22.3 Å². The Labute approximate surface area is 337 Å². The Kier molecular flexibility index (Phi) is 8.87. The molecule has 0 aromatic heterocycles. The van der Waals surface area contributed by atoms with Crippen molar-refractivity contribution in [3.05, 3.63) is 192 Å². The summed E-state index contributed by atoms with van der Waals surface area (Å²) in [6.45, 7) is 2.01. The molecule has 9 aromatic rings. The van der Waals surface area contributed by atoms with Gasteiger partial charge in [-0.15, -0.1) is 0 Å². The minimum atomic E-state index is 0.0343. The summed E-state index contributed by atoms with van der Waals surface area (Å²) in [7, 11) is 1.96. The van der Waals surface area contributed by atoms with Gasteiger partial charge in [0.2, 0.25) is 0 Å². The normalized spacial score (nSPS) is 12.7. The molecule has 1 aliphatic heterocycles. The van der Waals surface area contributed by atoms with Gasteiger partial charge in [-0.25, -0.2) is 4.99 Å². The van der Waals surface area contributed by atoms with E-state index in [4.69, 9.17) is 4.99 Å². The maximum atomic E-state index is 12.7. The Morgan fingerprint density at radius 1 is 0.500 bits per heavy atom. The van der Waals surface area contributed by atoms with Gasteiger partial charge in [0.25, 0.3) is 0 Å². The predicted molar refractivity (Wildman–Crippen MR) is 242 cm³/mol. The van der Waals surface area contributed by atoms with Crippen LogP contribution in [0.5, 0.6) is 11.5 Å². The third kappa shape index (κ3) is 6.58. The van der Waals surface area contributed by atoms with Gasteiger partial charge in [0.1, 0.15) is 22.7 Å². The Morgan fingerprint density at radius 3 is 1.43 bits per heavy atom. The first-order valence-electron chi connectivity index (χ1n) is 19.7. The number of nitrogens with zero attached hydrogens (tertiary/aromatic N) is 4. The number of hydrogen-bond acceptors (Lipinski definition) is 6. The summed E-state index contributed by atoms with van der Waals surface area (Å²) in [6.07, 6.45) is 1.79. The van der Waals surface area contributed by atoms with Gasteiger partial charge in [0.05, 0.1) is 6.67 Å². The highest BCUT2D eigenvalue weighted by Gasteiger charge is 2.37. The molecule has 1 aliphatic rings. The molecule has 0 saturated carbocycles. The van der Waals surface area contributed by atoms with Gasteiger partial charge in [-0.3, -0.25) is 0 Å². The Morgan fingerprint density at radius 2 is 0.914 bits per heavy atom. The van der Waals surface area contributed by atoms with Crippen LogP contribution in [0.25, 0.3) is 43.1 Å². The molecule has 0 spiro atoms. The van der Waals surface area contributed by atoms with Crippen molar-refractivity contribution < 1.29 is 10.2 Å². The number of aliphatic imine (C=N–C) groups is 1. The van der Waals surface area contributed by atoms with Crippen LogP contribution < -0.4 is 14.7 Å². The topological polar surface area (TPSA) is 62.5 Å². The van der Waals surface area contributed by atoms with Gasteiger partial charge >= 0.3 is 0 Å². The smallest absolute Gasteiger partial charge is 0.169 e. The lowest BCUT2D eigenvalue weighted by atomic mass is 10.0. The minimum Gasteiger partial charge on any atom is -0.504 e. The number of benzene rings is 9. The monoisotopic (exact) mass is 754 g/mol. The quantitative estimate of drug-likeness (QED) is 0.113. The molecular formula is C52H42N4O2. The van der Waals surface area contributed by atoms with Crippen molar-refractivity contribution in [2.45, 2.75) is 19.6 Å². The van der Waals surface area contributed by atoms with Gasteiger partial charge < -0.3 is 24.9 Å². The molecule has 1 heterocycles. The Hall–Kier alpha value is -7.31. The van der Waals surface area contributed by atoms with Crippen molar-refractivity contribution in [3.63, 3.8) is 0 Å². The summed E-state index contributed by atoms with van der Waals surface area (Å²) in [6, 6.07) is 59.0. The van der Waals surface area contributed by atoms with Crippen molar-refractivity contribution in [2.24, 2.45) is 4.99 Å². The van der Waals surface area contributed by atoms with E-state index in [0.717, 1.165) is 49.2 Å². The molecule has 0 amide bonds. The standard InChI is InChI=1S/C52H42N4O2/c1-54(31-36-19-23-40-11-3-7-15-44(40)27-36)48-47(53-30-35-18-22-39-10-2-6-14-43(39)26-35)51(57)49-50(52(48)58)56(33-38-21-25-42-13-5-9-17-46(42)29-38)34-55(49)32-37-20-24-41-12-4-8-16-45(41)28-37/h2-30,57-58H,31-34H2,1H3. The fourth-order valence-corrected chi connectivity index (χ4v) is 8.59. The molecule has 0 aliphatic carbocycles. The highest BCUT2D eigenvalue weighted by molar-refractivity contribution is 6.02. The zero-order chi connectivity index (χ0) is 39.2. The van der Waals surface area contributed by atoms with Crippen molar-refractivity contribution in [2.75, 3.05) is 28.4 Å². The number of rotatable bonds is 9. The van der Waals surface area contributed by atoms with Gasteiger partial charge in [0.15, 0.2) is 11.5 Å². The van der Waals surface area contributed by atoms with Crippen LogP contribution in [-0.2, 0) is 19.6 Å². The fraction of sp³-hybridized carbons (Fsp3) is 0.0962. The lowest BCUT2D eigenvalue weighted by Gasteiger charge is -2.27. The average Bonchev–Trinajstić information content (AvgIpc) is 3.61. The molecular weight excluding hydrogens is 713 g/mol. The molecule has 9 aromatic carbocycles. The highest BCUT2D eigenvalue weighted by Crippen LogP contribution is 2.59. The van der Waals surface area contributed by atoms with E-state index >= 15 is 0 Å². The summed E-state index contributed by atoms with van der Waals surface area (Å²) in [5.41, 5.74) is 6.15. The summed E-state index contributed by atoms with van der Waals surface area (Å²) in [4.78, 5) is 11.4. The third-order valence-electron chi connectivity index (χ3n) is 11.4. The van der Waals surface area contributed by atoms with Crippen LogP contribution in [0.2, 0.25) is 0 Å². The van der Waals surface area contributed by atoms with Crippen LogP contribution in [0.3, 0.4) is 0 Å². The van der Waals surface area contributed by atoms with E-state index in [1.165, 1.54) is 16.2 Å². The molecule has 58 heavy (non-hydrogen) atoms. The van der Waals surface area contributed by atoms with Crippen molar-refractivity contribution in [1.29, 1.82) is 0 Å². The van der Waals surface area contributed by atoms with Gasteiger partial charge in [-0.2, -0.15) is 0 Å². The maximum absolute atomic E-state index is 12.7. The summed E-state index contributed by atoms with van der Waals surface area (Å²) < 4.78 is 0. The van der Waals surface area contributed by atoms with Crippen molar-refractivity contribution in [1.82, 2.24) is 0 Å². The minimum absolute atomic E-state index is 0.0343. The molecule has 2 N–H and O–H groups in total. The third-order valence-corrected chi connectivity index (χ3v) is 11.4. The molecule has 0 saturated heterocycles. The van der Waals surface area contributed by atoms with E-state index in [9.17, 15) is 10.2 Å². The second-order valence-corrected chi connectivity index (χ2v) is 15.4. The number of anilines is 3. The number of aromatic hydroxyl groups is 2. The first kappa shape index (κ1) is 35.1. The summed E-state index contributed by atoms with van der Waals surface area (Å²) >= 11 is 0. The van der Waals surface area contributed by atoms with Gasteiger partial charge in [-0.05, 0) is 89.6 Å². The largest absolute Gasteiger partial charge is 0.504 e. The number of fused-ring (bicyclic) bond motifs is 5. The van der Waals surface area contributed by atoms with Gasteiger partial charge in [0, 0.05) is 32.9 Å². The van der Waals surface area contributed by atoms with E-state index in [0.29, 0.717) is 49.1 Å². The van der Waals surface area contributed by atoms with E-state index in [1.807, 2.05) is 42.3 Å². The zero-order valence-electron chi connectivity index (χ0n) is 32.3. The van der Waals surface area contributed by atoms with Crippen molar-refractivity contribution in [3.8, 4) is 11.5 Å². The van der Waals surface area contributed by atoms with Crippen molar-refractivity contribution >= 4 is 72.1 Å². The van der Waals surface area contributed by atoms with Crippen LogP contribution in [0, 0.1) is 0 Å². The lowest BCUT2D eigenvalue weighted by molar-refractivity contribution is 0.463. The van der Waals surface area contributed by atoms with Crippen LogP contribution in [0.15, 0.2) is 175 Å². The number of hydrogen-bond donors (Lipinski definition) is 2. The molecule has 0 fully saturated rings. The first-order valence-corrected chi connectivity index (χ1v) is 19.7. The number of phenolic OH excluding ortho intramolecular Hbond substituents is 2. The van der Waals surface area contributed by atoms with E-state index in [2.05, 4.69) is 149 Å². The van der Waals surface area contributed by atoms with Crippen LogP contribution in [-0.4, -0.2) is 30.1 Å². The first-order chi connectivity index (χ1) is 28.4. The van der Waals surface area contributed by atoms with E-state index < -0.39 is 0 Å². The van der Waals surface area contributed by atoms with E-state index in [1.54, 1.807) is 6.21 Å². The van der Waals surface area contributed by atoms with Crippen LogP contribution in [0.4, 0.5) is 22.7 Å². The second kappa shape index (κ2) is 14.6. The number of phenols is 2. The SMILES string of the molecule is CN(Cc1ccc2ccccc2c1)c1c(O)c2c(c(O)c1N=Cc1ccc3ccccc3c1)N(Cc1ccc3ccccc3c1)CN2Cc1ccc2ccccc2c1. The summed E-state index contributed by atoms with van der Waals surface area (Å²) in [5, 5.41) is 34.6. The molecule has 0 bridgehead atoms. The molecule has 0 unspecified atom stereocenters. The second-order valence-electron chi connectivity index (χ2n) is 15.4. The molecule has 0 radical (unpaired) electrons. The van der Waals surface area contributed by atoms with Crippen LogP contribution >= 0.6 is 0 Å². The predicted octanol–water partition coefficient (Wildman–Crippen LogP) is 12.1. The fourth-order valence-electron chi connectivity index (χ4n) is 8.59. The Bertz CT molecular complexity index is 3050. The Balaban J connectivity index is 1.12. The lowest BCUT2D eigenvalue weighted by Crippen LogP contribution is -2.30. The molecule has 6 nitrogen and oxygen atoms in total. The maximum Gasteiger partial charge on any atom is 0.169 e. The summed E-state index contributed by atoms with van der Waals surface area (Å²) in [5.74, 6) is 0.121. The molecule has 0 atom stereocenters. The molecule has 282 valence electrons. The molecule has 6 heteroatoms. The average molecular weight is 755 g/mol. The molecule has 10 rings (SSSR count).